The molecule has 14 heteroatoms. The van der Waals surface area contributed by atoms with Crippen LogP contribution in [0.4, 0.5) is 26.3 Å². The minimum Gasteiger partial charge on any atom is -0.354 e. The van der Waals surface area contributed by atoms with E-state index in [9.17, 15) is 34.8 Å². The van der Waals surface area contributed by atoms with Crippen LogP contribution in [-0.2, 0) is 10.0 Å². The first-order valence-electron chi connectivity index (χ1n) is 8.67. The molecule has 28 heavy (non-hydrogen) atoms. The SMILES string of the molecule is CN=C(NC1CCN(S(=O)(=O)C(F)(F)F)CC1)NC1CCN(CC(F)(F)F)C1. The minimum absolute atomic E-state index is 0.154. The van der Waals surface area contributed by atoms with Gasteiger partial charge in [0.2, 0.25) is 0 Å². The van der Waals surface area contributed by atoms with E-state index in [0.717, 1.165) is 0 Å². The number of nitrogens with one attached hydrogen (secondary N) is 2. The number of guanidine groups is 1. The summed E-state index contributed by atoms with van der Waals surface area (Å²) in [6.45, 7) is -1.05. The number of likely N-dealkylation sites (tertiary alicyclic amines) is 1. The lowest BCUT2D eigenvalue weighted by Crippen LogP contribution is -2.53. The Kier molecular flexibility index (Phi) is 7.08. The van der Waals surface area contributed by atoms with Crippen LogP contribution >= 0.6 is 0 Å². The molecule has 2 saturated heterocycles. The Hall–Kier alpha value is -1.28. The number of halogens is 6. The summed E-state index contributed by atoms with van der Waals surface area (Å²) in [6.07, 6.45) is -3.46. The molecule has 2 fully saturated rings. The van der Waals surface area contributed by atoms with Gasteiger partial charge < -0.3 is 10.6 Å². The average molecular weight is 439 g/mol. The molecule has 0 bridgehead atoms. The predicted octanol–water partition coefficient (Wildman–Crippen LogP) is 1.10. The summed E-state index contributed by atoms with van der Waals surface area (Å²) >= 11 is 0. The Bertz CT molecular complexity index is 658. The van der Waals surface area contributed by atoms with Crippen LogP contribution in [0, 0.1) is 0 Å². The summed E-state index contributed by atoms with van der Waals surface area (Å²) in [5, 5.41) is 6.01. The normalized spacial score (nSPS) is 24.5. The maximum atomic E-state index is 12.6. The molecule has 164 valence electrons. The summed E-state index contributed by atoms with van der Waals surface area (Å²) in [6, 6.07) is -0.530. The molecular weight excluding hydrogens is 416 g/mol. The van der Waals surface area contributed by atoms with Crippen LogP contribution in [-0.4, -0.2) is 87.1 Å². The molecule has 0 spiro atoms. The molecule has 1 atom stereocenters. The molecule has 2 aliphatic rings. The maximum Gasteiger partial charge on any atom is 0.511 e. The van der Waals surface area contributed by atoms with E-state index in [0.29, 0.717) is 23.2 Å². The molecule has 0 saturated carbocycles. The van der Waals surface area contributed by atoms with Crippen LogP contribution in [0.15, 0.2) is 4.99 Å². The third kappa shape index (κ3) is 6.11. The van der Waals surface area contributed by atoms with Crippen LogP contribution in [0.1, 0.15) is 19.3 Å². The third-order valence-corrected chi connectivity index (χ3v) is 6.30. The molecule has 0 aromatic heterocycles. The van der Waals surface area contributed by atoms with Gasteiger partial charge in [0.15, 0.2) is 5.96 Å². The van der Waals surface area contributed by atoms with Crippen molar-refractivity contribution in [2.75, 3.05) is 39.8 Å². The van der Waals surface area contributed by atoms with Gasteiger partial charge in [0.1, 0.15) is 0 Å². The molecule has 7 nitrogen and oxygen atoms in total. The van der Waals surface area contributed by atoms with Crippen molar-refractivity contribution in [3.63, 3.8) is 0 Å². The van der Waals surface area contributed by atoms with Crippen molar-refractivity contribution in [3.05, 3.63) is 0 Å². The largest absolute Gasteiger partial charge is 0.511 e. The minimum atomic E-state index is -5.33. The van der Waals surface area contributed by atoms with Gasteiger partial charge in [-0.2, -0.15) is 30.6 Å². The molecule has 2 N–H and O–H groups in total. The molecule has 1 unspecified atom stereocenters. The van der Waals surface area contributed by atoms with Gasteiger partial charge in [0.05, 0.1) is 6.54 Å². The fourth-order valence-electron chi connectivity index (χ4n) is 3.29. The molecule has 0 radical (unpaired) electrons. The van der Waals surface area contributed by atoms with Gasteiger partial charge in [0.25, 0.3) is 0 Å². The van der Waals surface area contributed by atoms with E-state index in [1.54, 1.807) is 0 Å². The molecular formula is C14H23F6N5O2S. The molecule has 2 aliphatic heterocycles. The van der Waals surface area contributed by atoms with Crippen molar-refractivity contribution in [2.45, 2.75) is 43.0 Å². The number of hydrogen-bond acceptors (Lipinski definition) is 4. The Morgan fingerprint density at radius 1 is 1.00 bits per heavy atom. The predicted molar refractivity (Wildman–Crippen MR) is 90.1 cm³/mol. The monoisotopic (exact) mass is 439 g/mol. The van der Waals surface area contributed by atoms with Crippen LogP contribution in [0.5, 0.6) is 0 Å². The Balaban J connectivity index is 1.81. The standard InChI is InChI=1S/C14H23F6N5O2S/c1-21-12(23-11-2-5-24(8-11)9-13(15,16)17)22-10-3-6-25(7-4-10)28(26,27)14(18,19)20/h10-11H,2-9H2,1H3,(H2,21,22,23). The van der Waals surface area contributed by atoms with E-state index in [1.165, 1.54) is 11.9 Å². The number of aliphatic imine (C=N–C) groups is 1. The smallest absolute Gasteiger partial charge is 0.354 e. The van der Waals surface area contributed by atoms with Crippen LogP contribution in [0.3, 0.4) is 0 Å². The van der Waals surface area contributed by atoms with E-state index in [2.05, 4.69) is 15.6 Å². The number of nitrogens with zero attached hydrogens (tertiary/aromatic N) is 3. The second kappa shape index (κ2) is 8.61. The fraction of sp³-hybridized carbons (Fsp3) is 0.929. The van der Waals surface area contributed by atoms with Gasteiger partial charge in [-0.05, 0) is 19.3 Å². The summed E-state index contributed by atoms with van der Waals surface area (Å²) in [5.74, 6) is 0.330. The maximum absolute atomic E-state index is 12.6. The lowest BCUT2D eigenvalue weighted by atomic mass is 10.1. The first kappa shape index (κ1) is 23.0. The highest BCUT2D eigenvalue weighted by molar-refractivity contribution is 7.90. The van der Waals surface area contributed by atoms with E-state index in [-0.39, 0.29) is 44.6 Å². The van der Waals surface area contributed by atoms with Crippen LogP contribution < -0.4 is 10.6 Å². The summed E-state index contributed by atoms with van der Waals surface area (Å²) < 4.78 is 98.4. The molecule has 0 amide bonds. The zero-order valence-electron chi connectivity index (χ0n) is 15.1. The van der Waals surface area contributed by atoms with Crippen molar-refractivity contribution in [2.24, 2.45) is 4.99 Å². The Morgan fingerprint density at radius 2 is 1.54 bits per heavy atom. The molecule has 0 aromatic carbocycles. The van der Waals surface area contributed by atoms with Gasteiger partial charge in [-0.3, -0.25) is 9.89 Å². The zero-order valence-corrected chi connectivity index (χ0v) is 16.0. The van der Waals surface area contributed by atoms with Crippen molar-refractivity contribution in [3.8, 4) is 0 Å². The van der Waals surface area contributed by atoms with E-state index >= 15 is 0 Å². The topological polar surface area (TPSA) is 77.0 Å². The van der Waals surface area contributed by atoms with Crippen molar-refractivity contribution >= 4 is 16.0 Å². The first-order chi connectivity index (χ1) is 12.8. The quantitative estimate of drug-likeness (QED) is 0.390. The lowest BCUT2D eigenvalue weighted by molar-refractivity contribution is -0.143. The van der Waals surface area contributed by atoms with Crippen LogP contribution in [0.2, 0.25) is 0 Å². The average Bonchev–Trinajstić information content (AvgIpc) is 2.98. The molecule has 2 heterocycles. The number of alkyl halides is 6. The van der Waals surface area contributed by atoms with Gasteiger partial charge in [0, 0.05) is 45.3 Å². The van der Waals surface area contributed by atoms with Crippen molar-refractivity contribution < 1.29 is 34.8 Å². The number of sulfonamides is 1. The number of hydrogen-bond donors (Lipinski definition) is 2. The van der Waals surface area contributed by atoms with Gasteiger partial charge >= 0.3 is 21.7 Å². The molecule has 2 rings (SSSR count). The van der Waals surface area contributed by atoms with Gasteiger partial charge in [-0.15, -0.1) is 0 Å². The second-order valence-electron chi connectivity index (χ2n) is 6.82. The zero-order chi connectivity index (χ0) is 21.2. The molecule has 0 aliphatic carbocycles. The number of rotatable bonds is 4. The van der Waals surface area contributed by atoms with Crippen LogP contribution in [0.25, 0.3) is 0 Å². The van der Waals surface area contributed by atoms with Crippen molar-refractivity contribution in [1.29, 1.82) is 0 Å². The van der Waals surface area contributed by atoms with E-state index < -0.39 is 28.3 Å². The Labute approximate surface area is 159 Å². The van der Waals surface area contributed by atoms with E-state index in [1.807, 2.05) is 0 Å². The molecule has 0 aromatic rings. The highest BCUT2D eigenvalue weighted by Crippen LogP contribution is 2.29. The highest BCUT2D eigenvalue weighted by Gasteiger charge is 2.50. The number of piperidine rings is 1. The summed E-state index contributed by atoms with van der Waals surface area (Å²) in [5.41, 5.74) is -5.32. The lowest BCUT2D eigenvalue weighted by Gasteiger charge is -2.33. The Morgan fingerprint density at radius 3 is 2.04 bits per heavy atom. The second-order valence-corrected chi connectivity index (χ2v) is 8.75. The third-order valence-electron chi connectivity index (χ3n) is 4.67. The first-order valence-corrected chi connectivity index (χ1v) is 10.1. The van der Waals surface area contributed by atoms with E-state index in [4.69, 9.17) is 0 Å². The summed E-state index contributed by atoms with van der Waals surface area (Å²) in [7, 11) is -3.86. The van der Waals surface area contributed by atoms with Crippen molar-refractivity contribution in [1.82, 2.24) is 19.8 Å². The highest BCUT2D eigenvalue weighted by atomic mass is 32.2. The van der Waals surface area contributed by atoms with Gasteiger partial charge in [-0.25, -0.2) is 8.42 Å². The fourth-order valence-corrected chi connectivity index (χ4v) is 4.28. The van der Waals surface area contributed by atoms with Gasteiger partial charge in [-0.1, -0.05) is 0 Å². The summed E-state index contributed by atoms with van der Waals surface area (Å²) in [4.78, 5) is 5.28.